The van der Waals surface area contributed by atoms with Crippen molar-refractivity contribution >= 4 is 11.8 Å². The molecule has 0 aliphatic carbocycles. The van der Waals surface area contributed by atoms with E-state index in [9.17, 15) is 9.59 Å². The van der Waals surface area contributed by atoms with Crippen LogP contribution in [0.5, 0.6) is 0 Å². The van der Waals surface area contributed by atoms with Gasteiger partial charge in [0.2, 0.25) is 5.91 Å². The molecule has 0 bridgehead atoms. The second-order valence-corrected chi connectivity index (χ2v) is 7.09. The molecule has 1 aromatic heterocycles. The predicted molar refractivity (Wildman–Crippen MR) is 105 cm³/mol. The third-order valence-corrected chi connectivity index (χ3v) is 5.30. The lowest BCUT2D eigenvalue weighted by Gasteiger charge is -2.33. The lowest BCUT2D eigenvalue weighted by molar-refractivity contribution is -0.136. The summed E-state index contributed by atoms with van der Waals surface area (Å²) in [5.74, 6) is 0.303. The third-order valence-electron chi connectivity index (χ3n) is 5.30. The van der Waals surface area contributed by atoms with Crippen molar-refractivity contribution in [3.63, 3.8) is 0 Å². The Labute approximate surface area is 160 Å². The monoisotopic (exact) mass is 368 g/mol. The summed E-state index contributed by atoms with van der Waals surface area (Å²) in [5, 5.41) is 4.29. The Morgan fingerprint density at radius 2 is 1.74 bits per heavy atom. The van der Waals surface area contributed by atoms with Crippen LogP contribution in [0, 0.1) is 12.8 Å². The maximum absolute atomic E-state index is 12.8. The summed E-state index contributed by atoms with van der Waals surface area (Å²) in [5.41, 5.74) is 2.71. The molecule has 0 spiro atoms. The molecular formula is C21H28N4O2. The summed E-state index contributed by atoms with van der Waals surface area (Å²) in [7, 11) is 0. The molecule has 2 amide bonds. The number of hydrogen-bond donors (Lipinski definition) is 0. The molecule has 6 heteroatoms. The highest BCUT2D eigenvalue weighted by molar-refractivity contribution is 5.94. The molecule has 0 saturated carbocycles. The quantitative estimate of drug-likeness (QED) is 0.815. The fourth-order valence-corrected chi connectivity index (χ4v) is 3.62. The van der Waals surface area contributed by atoms with Gasteiger partial charge in [-0.1, -0.05) is 0 Å². The Bertz CT molecular complexity index is 785. The van der Waals surface area contributed by atoms with Gasteiger partial charge in [-0.2, -0.15) is 5.10 Å². The number of hydrogen-bond acceptors (Lipinski definition) is 3. The lowest BCUT2D eigenvalue weighted by Crippen LogP contribution is -2.44. The molecule has 2 aromatic rings. The van der Waals surface area contributed by atoms with E-state index in [1.54, 1.807) is 4.68 Å². The zero-order valence-electron chi connectivity index (χ0n) is 16.4. The summed E-state index contributed by atoms with van der Waals surface area (Å²) >= 11 is 0. The van der Waals surface area contributed by atoms with Crippen LogP contribution in [0.25, 0.3) is 5.69 Å². The molecule has 1 saturated heterocycles. The fourth-order valence-electron chi connectivity index (χ4n) is 3.62. The van der Waals surface area contributed by atoms with Crippen molar-refractivity contribution in [2.24, 2.45) is 5.92 Å². The second-order valence-electron chi connectivity index (χ2n) is 7.09. The number of amides is 2. The first kappa shape index (κ1) is 19.1. The number of benzene rings is 1. The predicted octanol–water partition coefficient (Wildman–Crippen LogP) is 2.90. The number of nitrogens with zero attached hydrogens (tertiary/aromatic N) is 4. The number of likely N-dealkylation sites (tertiary alicyclic amines) is 1. The highest BCUT2D eigenvalue weighted by Crippen LogP contribution is 2.21. The van der Waals surface area contributed by atoms with Gasteiger partial charge in [-0.15, -0.1) is 0 Å². The van der Waals surface area contributed by atoms with Gasteiger partial charge >= 0.3 is 0 Å². The Hall–Kier alpha value is -2.63. The highest BCUT2D eigenvalue weighted by Gasteiger charge is 2.29. The minimum Gasteiger partial charge on any atom is -0.343 e. The molecular weight excluding hydrogens is 340 g/mol. The minimum atomic E-state index is 0.0342. The Kier molecular flexibility index (Phi) is 5.94. The van der Waals surface area contributed by atoms with E-state index in [-0.39, 0.29) is 17.7 Å². The minimum absolute atomic E-state index is 0.0342. The van der Waals surface area contributed by atoms with Crippen molar-refractivity contribution in [3.05, 3.63) is 47.8 Å². The third kappa shape index (κ3) is 4.21. The van der Waals surface area contributed by atoms with Crippen LogP contribution in [0.1, 0.15) is 42.6 Å². The topological polar surface area (TPSA) is 58.4 Å². The zero-order chi connectivity index (χ0) is 19.4. The number of aromatic nitrogens is 2. The van der Waals surface area contributed by atoms with E-state index in [2.05, 4.69) is 5.10 Å². The largest absolute Gasteiger partial charge is 0.343 e. The van der Waals surface area contributed by atoms with Crippen molar-refractivity contribution < 1.29 is 9.59 Å². The molecule has 6 nitrogen and oxygen atoms in total. The van der Waals surface area contributed by atoms with Crippen LogP contribution >= 0.6 is 0 Å². The van der Waals surface area contributed by atoms with E-state index >= 15 is 0 Å². The summed E-state index contributed by atoms with van der Waals surface area (Å²) in [6, 6.07) is 7.52. The molecule has 3 rings (SSSR count). The van der Waals surface area contributed by atoms with Gasteiger partial charge in [-0.05, 0) is 63.4 Å². The van der Waals surface area contributed by atoms with Crippen LogP contribution < -0.4 is 0 Å². The van der Waals surface area contributed by atoms with Gasteiger partial charge in [-0.25, -0.2) is 4.68 Å². The van der Waals surface area contributed by atoms with Crippen LogP contribution in [0.3, 0.4) is 0 Å². The van der Waals surface area contributed by atoms with Crippen LogP contribution in [0.2, 0.25) is 0 Å². The van der Waals surface area contributed by atoms with Crippen molar-refractivity contribution in [3.8, 4) is 5.69 Å². The molecule has 1 fully saturated rings. The number of rotatable bonds is 5. The standard InChI is InChI=1S/C21H28N4O2/c1-4-23(5-2)20(26)18-10-12-24(13-11-18)21(27)17-6-8-19(9-7-17)25-15-16(3)14-22-25/h6-9,14-15,18H,4-5,10-13H2,1-3H3. The maximum Gasteiger partial charge on any atom is 0.253 e. The molecule has 1 aliphatic rings. The van der Waals surface area contributed by atoms with Crippen molar-refractivity contribution in [1.82, 2.24) is 19.6 Å². The molecule has 1 aromatic carbocycles. The molecule has 1 aliphatic heterocycles. The Morgan fingerprint density at radius 3 is 2.26 bits per heavy atom. The first-order valence-electron chi connectivity index (χ1n) is 9.73. The average molecular weight is 368 g/mol. The van der Waals surface area contributed by atoms with E-state index in [0.717, 1.165) is 37.2 Å². The zero-order valence-corrected chi connectivity index (χ0v) is 16.4. The van der Waals surface area contributed by atoms with Gasteiger partial charge in [-0.3, -0.25) is 9.59 Å². The van der Waals surface area contributed by atoms with Crippen LogP contribution in [-0.4, -0.2) is 57.6 Å². The highest BCUT2D eigenvalue weighted by atomic mass is 16.2. The normalized spacial score (nSPS) is 15.0. The summed E-state index contributed by atoms with van der Waals surface area (Å²) in [4.78, 5) is 29.0. The number of aryl methyl sites for hydroxylation is 1. The van der Waals surface area contributed by atoms with E-state index in [1.807, 2.05) is 67.2 Å². The van der Waals surface area contributed by atoms with Crippen molar-refractivity contribution in [1.29, 1.82) is 0 Å². The molecule has 2 heterocycles. The first-order chi connectivity index (χ1) is 13.0. The summed E-state index contributed by atoms with van der Waals surface area (Å²) < 4.78 is 1.80. The molecule has 0 radical (unpaired) electrons. The number of carbonyl (C=O) groups is 2. The summed E-state index contributed by atoms with van der Waals surface area (Å²) in [6.07, 6.45) is 5.24. The molecule has 27 heavy (non-hydrogen) atoms. The van der Waals surface area contributed by atoms with Gasteiger partial charge in [0.25, 0.3) is 5.91 Å². The van der Waals surface area contributed by atoms with E-state index in [1.165, 1.54) is 0 Å². The molecule has 0 N–H and O–H groups in total. The molecule has 144 valence electrons. The van der Waals surface area contributed by atoms with Crippen molar-refractivity contribution in [2.75, 3.05) is 26.2 Å². The Morgan fingerprint density at radius 1 is 1.11 bits per heavy atom. The average Bonchev–Trinajstić information content (AvgIpc) is 3.15. The lowest BCUT2D eigenvalue weighted by atomic mass is 9.94. The summed E-state index contributed by atoms with van der Waals surface area (Å²) in [6.45, 7) is 8.78. The van der Waals surface area contributed by atoms with E-state index in [0.29, 0.717) is 18.7 Å². The van der Waals surface area contributed by atoms with Crippen LogP contribution in [0.15, 0.2) is 36.7 Å². The van der Waals surface area contributed by atoms with Gasteiger partial charge in [0, 0.05) is 43.9 Å². The van der Waals surface area contributed by atoms with Gasteiger partial charge < -0.3 is 9.80 Å². The van der Waals surface area contributed by atoms with E-state index in [4.69, 9.17) is 0 Å². The maximum atomic E-state index is 12.8. The van der Waals surface area contributed by atoms with Crippen LogP contribution in [0.4, 0.5) is 0 Å². The number of piperidine rings is 1. The van der Waals surface area contributed by atoms with E-state index < -0.39 is 0 Å². The van der Waals surface area contributed by atoms with Gasteiger partial charge in [0.05, 0.1) is 11.9 Å². The van der Waals surface area contributed by atoms with Crippen LogP contribution in [-0.2, 0) is 4.79 Å². The molecule has 0 atom stereocenters. The second kappa shape index (κ2) is 8.37. The number of carbonyl (C=O) groups excluding carboxylic acids is 2. The first-order valence-corrected chi connectivity index (χ1v) is 9.73. The SMILES string of the molecule is CCN(CC)C(=O)C1CCN(C(=O)c2ccc(-n3cc(C)cn3)cc2)CC1. The fraction of sp³-hybridized carbons (Fsp3) is 0.476. The van der Waals surface area contributed by atoms with Crippen molar-refractivity contribution in [2.45, 2.75) is 33.6 Å². The van der Waals surface area contributed by atoms with Gasteiger partial charge in [0.15, 0.2) is 0 Å². The molecule has 0 unspecified atom stereocenters. The van der Waals surface area contributed by atoms with Gasteiger partial charge in [0.1, 0.15) is 0 Å². The Balaban J connectivity index is 1.60. The smallest absolute Gasteiger partial charge is 0.253 e.